The van der Waals surface area contributed by atoms with Crippen LogP contribution in [0.3, 0.4) is 0 Å². The van der Waals surface area contributed by atoms with Gasteiger partial charge in [0.2, 0.25) is 10.0 Å². The Morgan fingerprint density at radius 1 is 1.00 bits per heavy atom. The van der Waals surface area contributed by atoms with Crippen LogP contribution in [0.4, 0.5) is 10.2 Å². The zero-order valence-electron chi connectivity index (χ0n) is 22.3. The average Bonchev–Trinajstić information content (AvgIpc) is 3.57. The second-order valence-corrected chi connectivity index (χ2v) is 12.2. The predicted octanol–water partition coefficient (Wildman–Crippen LogP) is 2.96. The number of aromatic nitrogens is 7. The third-order valence-electron chi connectivity index (χ3n) is 7.17. The highest BCUT2D eigenvalue weighted by Crippen LogP contribution is 2.35. The number of benzene rings is 1. The third-order valence-corrected chi connectivity index (χ3v) is 7.84. The van der Waals surface area contributed by atoms with Crippen molar-refractivity contribution in [2.45, 2.75) is 12.6 Å². The number of nitrogens with zero attached hydrogens (tertiary/aromatic N) is 6. The van der Waals surface area contributed by atoms with Crippen LogP contribution in [0.1, 0.15) is 5.56 Å². The van der Waals surface area contributed by atoms with Crippen LogP contribution in [0.15, 0.2) is 61.3 Å². The number of hydrogen-bond donors (Lipinski definition) is 4. The second kappa shape index (κ2) is 9.94. The molecule has 5 N–H and O–H groups in total. The molecule has 14 heteroatoms. The van der Waals surface area contributed by atoms with Crippen molar-refractivity contribution >= 4 is 37.6 Å². The minimum atomic E-state index is -3.43. The number of nitrogens with two attached hydrogens (primary N) is 1. The third kappa shape index (κ3) is 4.95. The van der Waals surface area contributed by atoms with E-state index in [0.717, 1.165) is 52.7 Å². The van der Waals surface area contributed by atoms with Crippen LogP contribution in [0.5, 0.6) is 0 Å². The Morgan fingerprint density at radius 2 is 1.83 bits per heavy atom. The lowest BCUT2D eigenvalue weighted by atomic mass is 10.0. The van der Waals surface area contributed by atoms with Gasteiger partial charge in [0.05, 0.1) is 53.5 Å². The molecule has 42 heavy (non-hydrogen) atoms. The molecule has 1 saturated heterocycles. The van der Waals surface area contributed by atoms with E-state index in [-0.39, 0.29) is 12.6 Å². The molecule has 0 amide bonds. The molecule has 0 aliphatic carbocycles. The van der Waals surface area contributed by atoms with Crippen LogP contribution in [0.2, 0.25) is 0 Å². The van der Waals surface area contributed by atoms with Crippen molar-refractivity contribution in [1.29, 1.82) is 0 Å². The van der Waals surface area contributed by atoms with E-state index in [4.69, 9.17) is 10.7 Å². The smallest absolute Gasteiger partial charge is 0.209 e. The number of hydrogen-bond acceptors (Lipinski definition) is 9. The fraction of sp³-hybridized carbons (Fsp3) is 0.179. The van der Waals surface area contributed by atoms with E-state index in [1.807, 2.05) is 12.1 Å². The number of H-pyrrole nitrogens is 2. The summed E-state index contributed by atoms with van der Waals surface area (Å²) in [6, 6.07) is 8.45. The summed E-state index contributed by atoms with van der Waals surface area (Å²) in [6.45, 7) is 1.45. The molecule has 6 heterocycles. The first-order valence-corrected chi connectivity index (χ1v) is 15.0. The van der Waals surface area contributed by atoms with Gasteiger partial charge in [-0.05, 0) is 41.5 Å². The summed E-state index contributed by atoms with van der Waals surface area (Å²) in [6.07, 6.45) is 9.52. The van der Waals surface area contributed by atoms with Crippen molar-refractivity contribution in [3.05, 3.63) is 72.7 Å². The molecule has 1 aliphatic heterocycles. The molecule has 1 aliphatic rings. The van der Waals surface area contributed by atoms with Crippen LogP contribution in [0.25, 0.3) is 55.7 Å². The summed E-state index contributed by atoms with van der Waals surface area (Å²) in [7, 11) is -3.43. The summed E-state index contributed by atoms with van der Waals surface area (Å²) >= 11 is 0. The number of nitrogens with one attached hydrogen (secondary N) is 3. The molecule has 0 spiro atoms. The maximum absolute atomic E-state index is 14.6. The van der Waals surface area contributed by atoms with Crippen molar-refractivity contribution in [2.75, 3.05) is 24.2 Å². The van der Waals surface area contributed by atoms with E-state index in [1.165, 1.54) is 12.1 Å². The maximum Gasteiger partial charge on any atom is 0.209 e. The van der Waals surface area contributed by atoms with E-state index >= 15 is 0 Å². The van der Waals surface area contributed by atoms with Gasteiger partial charge in [0.1, 0.15) is 23.0 Å². The molecule has 7 rings (SSSR count). The topological polar surface area (TPSA) is 171 Å². The minimum Gasteiger partial charge on any atom is -0.352 e. The number of fused-ring (bicyclic) bond motifs is 2. The van der Waals surface area contributed by atoms with Gasteiger partial charge in [-0.15, -0.1) is 0 Å². The van der Waals surface area contributed by atoms with Gasteiger partial charge < -0.3 is 15.6 Å². The van der Waals surface area contributed by atoms with Crippen molar-refractivity contribution in [2.24, 2.45) is 5.73 Å². The number of pyridine rings is 2. The molecule has 212 valence electrons. The molecule has 0 unspecified atom stereocenters. The Labute approximate surface area is 239 Å². The van der Waals surface area contributed by atoms with E-state index < -0.39 is 15.8 Å². The quantitative estimate of drug-likeness (QED) is 0.220. The van der Waals surface area contributed by atoms with Crippen molar-refractivity contribution in [1.82, 2.24) is 39.8 Å². The lowest BCUT2D eigenvalue weighted by Crippen LogP contribution is -2.56. The van der Waals surface area contributed by atoms with Gasteiger partial charge in [-0.3, -0.25) is 20.1 Å². The minimum absolute atomic E-state index is 0.0279. The Balaban J connectivity index is 1.26. The molecule has 0 radical (unpaired) electrons. The van der Waals surface area contributed by atoms with Gasteiger partial charge in [-0.25, -0.2) is 22.5 Å². The number of aromatic amines is 2. The van der Waals surface area contributed by atoms with Gasteiger partial charge in [0.25, 0.3) is 0 Å². The molecule has 5 aromatic heterocycles. The van der Waals surface area contributed by atoms with Crippen molar-refractivity contribution in [3.8, 4) is 33.9 Å². The van der Waals surface area contributed by atoms with Crippen LogP contribution in [-0.2, 0) is 16.6 Å². The Kier molecular flexibility index (Phi) is 6.18. The summed E-state index contributed by atoms with van der Waals surface area (Å²) in [5.41, 5.74) is 11.9. The molecule has 12 nitrogen and oxygen atoms in total. The summed E-state index contributed by atoms with van der Waals surface area (Å²) in [5, 5.41) is 9.23. The van der Waals surface area contributed by atoms with Gasteiger partial charge in [0.15, 0.2) is 0 Å². The van der Waals surface area contributed by atoms with Gasteiger partial charge >= 0.3 is 0 Å². The Morgan fingerprint density at radius 3 is 2.64 bits per heavy atom. The molecule has 0 bridgehead atoms. The highest BCUT2D eigenvalue weighted by Gasteiger charge is 2.25. The van der Waals surface area contributed by atoms with Gasteiger partial charge in [-0.1, -0.05) is 0 Å². The molecular formula is C28H25FN10O2S. The molecule has 6 aromatic rings. The molecular weight excluding hydrogens is 559 g/mol. The van der Waals surface area contributed by atoms with Crippen LogP contribution in [0, 0.1) is 5.82 Å². The summed E-state index contributed by atoms with van der Waals surface area (Å²) in [5.74, 6) is 0.278. The molecule has 1 fully saturated rings. The molecule has 1 aromatic carbocycles. The van der Waals surface area contributed by atoms with E-state index in [1.54, 1.807) is 37.1 Å². The lowest BCUT2D eigenvalue weighted by molar-refractivity contribution is 0.514. The van der Waals surface area contributed by atoms with Crippen LogP contribution < -0.4 is 15.4 Å². The SMILES string of the molecule is CS(=O)(=O)NCc1cc(F)cc(-c2cncc3[nH]c(-c4n[nH]c5cnc(-c6cncc(N7CC(N)C7)n6)cc45)cc23)c1. The lowest BCUT2D eigenvalue weighted by Gasteiger charge is -2.37. The highest BCUT2D eigenvalue weighted by atomic mass is 32.2. The fourth-order valence-electron chi connectivity index (χ4n) is 5.12. The largest absolute Gasteiger partial charge is 0.352 e. The number of halogens is 1. The Bertz CT molecular complexity index is 2090. The first-order valence-electron chi connectivity index (χ1n) is 13.1. The zero-order chi connectivity index (χ0) is 29.0. The van der Waals surface area contributed by atoms with E-state index in [2.05, 4.69) is 39.8 Å². The number of sulfonamides is 1. The van der Waals surface area contributed by atoms with Crippen LogP contribution >= 0.6 is 0 Å². The first kappa shape index (κ1) is 26.1. The molecule has 0 saturated carbocycles. The van der Waals surface area contributed by atoms with Crippen molar-refractivity contribution < 1.29 is 12.8 Å². The predicted molar refractivity (Wildman–Crippen MR) is 157 cm³/mol. The maximum atomic E-state index is 14.6. The van der Waals surface area contributed by atoms with Gasteiger partial charge in [-0.2, -0.15) is 5.10 Å². The number of rotatable bonds is 7. The standard InChI is InChI=1S/C28H25FN10O2S/c1-42(40,41)34-7-15-2-16(4-17(29)3-15)21-8-31-9-24-19(21)5-23(35-24)28-20-6-22(33-11-25(20)37-38-28)26-10-32-12-27(36-26)39-13-18(30)14-39/h2-6,8-12,18,34-35H,7,13-14,30H2,1H3,(H,37,38). The zero-order valence-corrected chi connectivity index (χ0v) is 23.2. The van der Waals surface area contributed by atoms with Gasteiger partial charge in [0, 0.05) is 48.2 Å². The highest BCUT2D eigenvalue weighted by molar-refractivity contribution is 7.88. The summed E-state index contributed by atoms with van der Waals surface area (Å²) in [4.78, 5) is 23.5. The van der Waals surface area contributed by atoms with E-state index in [9.17, 15) is 12.8 Å². The van der Waals surface area contributed by atoms with Crippen molar-refractivity contribution in [3.63, 3.8) is 0 Å². The monoisotopic (exact) mass is 584 g/mol. The normalized spacial score (nSPS) is 14.1. The Hall–Kier alpha value is -4.79. The van der Waals surface area contributed by atoms with E-state index in [0.29, 0.717) is 33.8 Å². The van der Waals surface area contributed by atoms with Crippen LogP contribution in [-0.4, -0.2) is 68.9 Å². The second-order valence-electron chi connectivity index (χ2n) is 10.4. The molecule has 0 atom stereocenters. The average molecular weight is 585 g/mol. The first-order chi connectivity index (χ1) is 20.2. The summed E-state index contributed by atoms with van der Waals surface area (Å²) < 4.78 is 40.1. The number of anilines is 1. The fourth-order valence-corrected chi connectivity index (χ4v) is 5.55.